The van der Waals surface area contributed by atoms with Gasteiger partial charge in [0.2, 0.25) is 5.91 Å². The van der Waals surface area contributed by atoms with E-state index in [9.17, 15) is 4.79 Å². The molecule has 2 fully saturated rings. The number of aliphatic imine (C=N–C) groups is 1. The summed E-state index contributed by atoms with van der Waals surface area (Å²) in [5, 5.41) is 3.33. The normalized spacial score (nSPS) is 41.0. The first-order valence-electron chi connectivity index (χ1n) is 7.71. The minimum Gasteiger partial charge on any atom is -0.351 e. The van der Waals surface area contributed by atoms with Crippen LogP contribution in [0.25, 0.3) is 0 Å². The van der Waals surface area contributed by atoms with Gasteiger partial charge in [-0.2, -0.15) is 0 Å². The summed E-state index contributed by atoms with van der Waals surface area (Å²) < 4.78 is 0. The van der Waals surface area contributed by atoms with Crippen LogP contribution in [-0.4, -0.2) is 24.2 Å². The SMILES string of the molecule is C[C@@H]1CCC[C@@]12CCCC2NC(=O)C1CC=CC=N1. The fourth-order valence-electron chi connectivity index (χ4n) is 4.40. The lowest BCUT2D eigenvalue weighted by atomic mass is 9.74. The van der Waals surface area contributed by atoms with Gasteiger partial charge in [-0.3, -0.25) is 9.79 Å². The number of hydrogen-bond donors (Lipinski definition) is 1. The van der Waals surface area contributed by atoms with E-state index in [0.717, 1.165) is 18.8 Å². The van der Waals surface area contributed by atoms with Crippen LogP contribution in [0.3, 0.4) is 0 Å². The average Bonchev–Trinajstić information content (AvgIpc) is 3.00. The molecule has 0 aromatic heterocycles. The van der Waals surface area contributed by atoms with Crippen LogP contribution in [0.15, 0.2) is 17.1 Å². The minimum atomic E-state index is -0.195. The van der Waals surface area contributed by atoms with E-state index in [1.165, 1.54) is 32.1 Å². The number of hydrogen-bond acceptors (Lipinski definition) is 2. The van der Waals surface area contributed by atoms with E-state index in [-0.39, 0.29) is 11.9 Å². The van der Waals surface area contributed by atoms with Gasteiger partial charge in [0.05, 0.1) is 0 Å². The van der Waals surface area contributed by atoms with Gasteiger partial charge < -0.3 is 5.32 Å². The highest BCUT2D eigenvalue weighted by Crippen LogP contribution is 2.54. The molecule has 1 amide bonds. The Morgan fingerprint density at radius 2 is 2.11 bits per heavy atom. The molecule has 3 aliphatic rings. The van der Waals surface area contributed by atoms with Gasteiger partial charge >= 0.3 is 0 Å². The number of amides is 1. The Kier molecular flexibility index (Phi) is 3.46. The molecule has 3 nitrogen and oxygen atoms in total. The maximum absolute atomic E-state index is 12.3. The third-order valence-electron chi connectivity index (χ3n) is 5.56. The lowest BCUT2D eigenvalue weighted by Gasteiger charge is -2.36. The van der Waals surface area contributed by atoms with Crippen molar-refractivity contribution in [1.29, 1.82) is 0 Å². The summed E-state index contributed by atoms with van der Waals surface area (Å²) in [6.07, 6.45) is 14.1. The largest absolute Gasteiger partial charge is 0.351 e. The molecule has 0 aromatic carbocycles. The number of rotatable bonds is 2. The van der Waals surface area contributed by atoms with E-state index in [4.69, 9.17) is 0 Å². The Morgan fingerprint density at radius 3 is 2.74 bits per heavy atom. The zero-order valence-corrected chi connectivity index (χ0v) is 11.8. The van der Waals surface area contributed by atoms with Crippen molar-refractivity contribution in [2.24, 2.45) is 16.3 Å². The molecule has 1 spiro atoms. The molecule has 1 N–H and O–H groups in total. The summed E-state index contributed by atoms with van der Waals surface area (Å²) in [6, 6.07) is 0.193. The summed E-state index contributed by atoms with van der Waals surface area (Å²) in [7, 11) is 0. The molecule has 104 valence electrons. The van der Waals surface area contributed by atoms with Gasteiger partial charge in [-0.25, -0.2) is 0 Å². The summed E-state index contributed by atoms with van der Waals surface area (Å²) in [4.78, 5) is 16.6. The van der Waals surface area contributed by atoms with Gasteiger partial charge in [0.1, 0.15) is 6.04 Å². The monoisotopic (exact) mass is 260 g/mol. The van der Waals surface area contributed by atoms with Crippen LogP contribution in [0, 0.1) is 11.3 Å². The van der Waals surface area contributed by atoms with Crippen molar-refractivity contribution in [3.8, 4) is 0 Å². The van der Waals surface area contributed by atoms with E-state index in [1.54, 1.807) is 6.21 Å². The molecule has 0 aromatic rings. The van der Waals surface area contributed by atoms with E-state index in [0.29, 0.717) is 11.5 Å². The Morgan fingerprint density at radius 1 is 1.32 bits per heavy atom. The highest BCUT2D eigenvalue weighted by Gasteiger charge is 2.49. The Labute approximate surface area is 115 Å². The minimum absolute atomic E-state index is 0.131. The molecule has 19 heavy (non-hydrogen) atoms. The van der Waals surface area contributed by atoms with Crippen molar-refractivity contribution < 1.29 is 4.79 Å². The molecule has 0 saturated heterocycles. The second kappa shape index (κ2) is 5.10. The number of nitrogens with zero attached hydrogens (tertiary/aromatic N) is 1. The summed E-state index contributed by atoms with van der Waals surface area (Å²) in [5.74, 6) is 0.890. The van der Waals surface area contributed by atoms with Crippen molar-refractivity contribution in [2.45, 2.75) is 64.0 Å². The van der Waals surface area contributed by atoms with E-state index in [2.05, 4.69) is 17.2 Å². The molecule has 1 heterocycles. The molecular weight excluding hydrogens is 236 g/mol. The quantitative estimate of drug-likeness (QED) is 0.815. The number of dihydropyridines is 1. The molecule has 1 aliphatic heterocycles. The second-order valence-corrected chi connectivity index (χ2v) is 6.46. The van der Waals surface area contributed by atoms with Gasteiger partial charge in [0.25, 0.3) is 0 Å². The fraction of sp³-hybridized carbons (Fsp3) is 0.750. The van der Waals surface area contributed by atoms with Gasteiger partial charge in [-0.05, 0) is 43.1 Å². The summed E-state index contributed by atoms with van der Waals surface area (Å²) in [5.41, 5.74) is 0.393. The molecule has 0 radical (unpaired) electrons. The maximum atomic E-state index is 12.3. The lowest BCUT2D eigenvalue weighted by molar-refractivity contribution is -0.123. The molecule has 2 unspecified atom stereocenters. The molecule has 2 saturated carbocycles. The van der Waals surface area contributed by atoms with Gasteiger partial charge in [0, 0.05) is 12.3 Å². The summed E-state index contributed by atoms with van der Waals surface area (Å²) >= 11 is 0. The van der Waals surface area contributed by atoms with E-state index < -0.39 is 0 Å². The van der Waals surface area contributed by atoms with E-state index >= 15 is 0 Å². The third kappa shape index (κ3) is 2.24. The van der Waals surface area contributed by atoms with Crippen molar-refractivity contribution >= 4 is 12.1 Å². The van der Waals surface area contributed by atoms with Crippen LogP contribution in [-0.2, 0) is 4.79 Å². The van der Waals surface area contributed by atoms with Crippen molar-refractivity contribution in [1.82, 2.24) is 5.32 Å². The molecule has 4 atom stereocenters. The van der Waals surface area contributed by atoms with Crippen LogP contribution in [0.4, 0.5) is 0 Å². The van der Waals surface area contributed by atoms with Crippen LogP contribution in [0.5, 0.6) is 0 Å². The molecule has 3 rings (SSSR count). The van der Waals surface area contributed by atoms with Crippen molar-refractivity contribution in [3.63, 3.8) is 0 Å². The molecule has 0 bridgehead atoms. The first-order chi connectivity index (χ1) is 9.22. The standard InChI is InChI=1S/C16H24N2O/c1-12-6-4-9-16(12)10-5-8-14(16)18-15(19)13-7-2-3-11-17-13/h2-3,11-14H,4-10H2,1H3,(H,18,19)/t12-,13?,14?,16-/m1/s1. The van der Waals surface area contributed by atoms with E-state index in [1.807, 2.05) is 12.2 Å². The van der Waals surface area contributed by atoms with Gasteiger partial charge in [0.15, 0.2) is 0 Å². The first-order valence-corrected chi connectivity index (χ1v) is 7.71. The van der Waals surface area contributed by atoms with Crippen molar-refractivity contribution in [3.05, 3.63) is 12.2 Å². The zero-order valence-electron chi connectivity index (χ0n) is 11.8. The third-order valence-corrected chi connectivity index (χ3v) is 5.56. The maximum Gasteiger partial charge on any atom is 0.245 e. The highest BCUT2D eigenvalue weighted by molar-refractivity contribution is 5.86. The Hall–Kier alpha value is -1.12. The van der Waals surface area contributed by atoms with Crippen LogP contribution in [0.1, 0.15) is 51.9 Å². The van der Waals surface area contributed by atoms with Gasteiger partial charge in [-0.1, -0.05) is 32.3 Å². The number of nitrogens with one attached hydrogen (secondary N) is 1. The Balaban J connectivity index is 1.67. The predicted octanol–water partition coefficient (Wildman–Crippen LogP) is 2.86. The predicted molar refractivity (Wildman–Crippen MR) is 77.3 cm³/mol. The Bertz CT molecular complexity index is 411. The first kappa shape index (κ1) is 12.9. The highest BCUT2D eigenvalue weighted by atomic mass is 16.2. The molecule has 3 heteroatoms. The number of allylic oxidation sites excluding steroid dienone is 1. The molecule has 2 aliphatic carbocycles. The van der Waals surface area contributed by atoms with Crippen LogP contribution in [0.2, 0.25) is 0 Å². The summed E-state index contributed by atoms with van der Waals surface area (Å²) in [6.45, 7) is 2.37. The number of carbonyl (C=O) groups is 1. The second-order valence-electron chi connectivity index (χ2n) is 6.46. The lowest BCUT2D eigenvalue weighted by Crippen LogP contribution is -2.48. The van der Waals surface area contributed by atoms with Crippen molar-refractivity contribution in [2.75, 3.05) is 0 Å². The number of carbonyl (C=O) groups excluding carboxylic acids is 1. The molecular formula is C16H24N2O. The average molecular weight is 260 g/mol. The fourth-order valence-corrected chi connectivity index (χ4v) is 4.40. The van der Waals surface area contributed by atoms with Crippen LogP contribution >= 0.6 is 0 Å². The smallest absolute Gasteiger partial charge is 0.245 e. The van der Waals surface area contributed by atoms with Gasteiger partial charge in [-0.15, -0.1) is 0 Å². The van der Waals surface area contributed by atoms with Crippen LogP contribution < -0.4 is 5.32 Å². The topological polar surface area (TPSA) is 41.5 Å². The zero-order chi connectivity index (χ0) is 13.3.